The van der Waals surface area contributed by atoms with Crippen molar-refractivity contribution in [2.24, 2.45) is 5.92 Å². The van der Waals surface area contributed by atoms with Crippen LogP contribution in [0.25, 0.3) is 0 Å². The number of piperidine rings is 1. The highest BCUT2D eigenvalue weighted by Crippen LogP contribution is 2.29. The summed E-state index contributed by atoms with van der Waals surface area (Å²) >= 11 is 0. The SMILES string of the molecule is CC/C=C(\C)C(=O)OC(C)(C)C1CCNCC1. The zero-order valence-corrected chi connectivity index (χ0v) is 11.5. The first-order valence-corrected chi connectivity index (χ1v) is 6.58. The first-order valence-electron chi connectivity index (χ1n) is 6.58. The van der Waals surface area contributed by atoms with Crippen molar-refractivity contribution in [1.82, 2.24) is 5.32 Å². The molecule has 3 heteroatoms. The van der Waals surface area contributed by atoms with Crippen LogP contribution in [0.15, 0.2) is 11.6 Å². The molecule has 0 bridgehead atoms. The van der Waals surface area contributed by atoms with Crippen LogP contribution in [0.2, 0.25) is 0 Å². The lowest BCUT2D eigenvalue weighted by Crippen LogP contribution is -2.42. The van der Waals surface area contributed by atoms with Crippen LogP contribution in [0.4, 0.5) is 0 Å². The van der Waals surface area contributed by atoms with Crippen LogP contribution in [0.3, 0.4) is 0 Å². The molecule has 0 aromatic rings. The number of hydrogen-bond donors (Lipinski definition) is 1. The summed E-state index contributed by atoms with van der Waals surface area (Å²) in [4.78, 5) is 11.9. The van der Waals surface area contributed by atoms with Crippen LogP contribution in [0.1, 0.15) is 47.0 Å². The molecule has 0 aromatic carbocycles. The van der Waals surface area contributed by atoms with Gasteiger partial charge in [-0.1, -0.05) is 13.0 Å². The van der Waals surface area contributed by atoms with E-state index in [-0.39, 0.29) is 11.6 Å². The summed E-state index contributed by atoms with van der Waals surface area (Å²) in [5.74, 6) is 0.289. The number of esters is 1. The van der Waals surface area contributed by atoms with Crippen LogP contribution >= 0.6 is 0 Å². The molecule has 98 valence electrons. The molecule has 1 heterocycles. The van der Waals surface area contributed by atoms with Gasteiger partial charge in [0.25, 0.3) is 0 Å². The highest BCUT2D eigenvalue weighted by Gasteiger charge is 2.34. The number of hydrogen-bond acceptors (Lipinski definition) is 3. The predicted octanol–water partition coefficient (Wildman–Crippen LogP) is 2.66. The second-order valence-electron chi connectivity index (χ2n) is 5.31. The summed E-state index contributed by atoms with van der Waals surface area (Å²) in [6.07, 6.45) is 4.95. The number of carbonyl (C=O) groups excluding carboxylic acids is 1. The zero-order valence-electron chi connectivity index (χ0n) is 11.5. The molecule has 1 aliphatic heterocycles. The van der Waals surface area contributed by atoms with Gasteiger partial charge in [0.05, 0.1) is 0 Å². The van der Waals surface area contributed by atoms with E-state index in [1.165, 1.54) is 0 Å². The fourth-order valence-electron chi connectivity index (χ4n) is 2.31. The minimum absolute atomic E-state index is 0.171. The maximum Gasteiger partial charge on any atom is 0.333 e. The Labute approximate surface area is 105 Å². The Morgan fingerprint density at radius 1 is 1.41 bits per heavy atom. The average molecular weight is 239 g/mol. The van der Waals surface area contributed by atoms with E-state index in [9.17, 15) is 4.79 Å². The molecule has 0 aliphatic carbocycles. The van der Waals surface area contributed by atoms with Crippen molar-refractivity contribution in [1.29, 1.82) is 0 Å². The van der Waals surface area contributed by atoms with Gasteiger partial charge in [-0.3, -0.25) is 0 Å². The van der Waals surface area contributed by atoms with Gasteiger partial charge in [0.15, 0.2) is 0 Å². The number of allylic oxidation sites excluding steroid dienone is 1. The van der Waals surface area contributed by atoms with Gasteiger partial charge in [0.1, 0.15) is 5.60 Å². The molecule has 1 N–H and O–H groups in total. The molecule has 1 rings (SSSR count). The van der Waals surface area contributed by atoms with Crippen molar-refractivity contribution >= 4 is 5.97 Å². The number of nitrogens with one attached hydrogen (secondary N) is 1. The van der Waals surface area contributed by atoms with E-state index < -0.39 is 0 Å². The average Bonchev–Trinajstić information content (AvgIpc) is 2.30. The summed E-state index contributed by atoms with van der Waals surface area (Å²) < 4.78 is 5.66. The third-order valence-corrected chi connectivity index (χ3v) is 3.51. The summed E-state index contributed by atoms with van der Waals surface area (Å²) in [5.41, 5.74) is 0.358. The first kappa shape index (κ1) is 14.2. The highest BCUT2D eigenvalue weighted by molar-refractivity contribution is 5.88. The minimum atomic E-state index is -0.359. The lowest BCUT2D eigenvalue weighted by Gasteiger charge is -2.36. The number of rotatable bonds is 4. The van der Waals surface area contributed by atoms with Crippen LogP contribution in [0.5, 0.6) is 0 Å². The Hall–Kier alpha value is -0.830. The molecule has 3 nitrogen and oxygen atoms in total. The van der Waals surface area contributed by atoms with Crippen LogP contribution in [-0.2, 0) is 9.53 Å². The monoisotopic (exact) mass is 239 g/mol. The number of ether oxygens (including phenoxy) is 1. The Morgan fingerprint density at radius 3 is 2.53 bits per heavy atom. The van der Waals surface area contributed by atoms with Gasteiger partial charge >= 0.3 is 5.97 Å². The molecular weight excluding hydrogens is 214 g/mol. The summed E-state index contributed by atoms with van der Waals surface area (Å²) in [6, 6.07) is 0. The van der Waals surface area contributed by atoms with Crippen molar-refractivity contribution < 1.29 is 9.53 Å². The van der Waals surface area contributed by atoms with E-state index in [0.717, 1.165) is 37.9 Å². The molecule has 0 unspecified atom stereocenters. The second-order valence-corrected chi connectivity index (χ2v) is 5.31. The van der Waals surface area contributed by atoms with Gasteiger partial charge < -0.3 is 10.1 Å². The van der Waals surface area contributed by atoms with Crippen molar-refractivity contribution in [3.63, 3.8) is 0 Å². The standard InChI is InChI=1S/C14H25NO2/c1-5-6-11(2)13(16)17-14(3,4)12-7-9-15-10-8-12/h6,12,15H,5,7-10H2,1-4H3/b11-6+. The summed E-state index contributed by atoms with van der Waals surface area (Å²) in [7, 11) is 0. The van der Waals surface area contributed by atoms with E-state index in [2.05, 4.69) is 5.32 Å². The predicted molar refractivity (Wildman–Crippen MR) is 69.8 cm³/mol. The molecular formula is C14H25NO2. The van der Waals surface area contributed by atoms with Gasteiger partial charge in [-0.2, -0.15) is 0 Å². The third kappa shape index (κ3) is 4.15. The molecule has 0 spiro atoms. The topological polar surface area (TPSA) is 38.3 Å². The molecule has 0 atom stereocenters. The normalized spacial score (nSPS) is 19.2. The second kappa shape index (κ2) is 6.20. The highest BCUT2D eigenvalue weighted by atomic mass is 16.6. The third-order valence-electron chi connectivity index (χ3n) is 3.51. The van der Waals surface area contributed by atoms with Crippen molar-refractivity contribution in [2.45, 2.75) is 52.6 Å². The van der Waals surface area contributed by atoms with E-state index in [1.807, 2.05) is 33.8 Å². The molecule has 0 radical (unpaired) electrons. The molecule has 0 saturated carbocycles. The van der Waals surface area contributed by atoms with Crippen molar-refractivity contribution in [2.75, 3.05) is 13.1 Å². The lowest BCUT2D eigenvalue weighted by atomic mass is 9.83. The Balaban J connectivity index is 2.58. The maximum atomic E-state index is 11.9. The summed E-state index contributed by atoms with van der Waals surface area (Å²) in [5, 5.41) is 3.33. The van der Waals surface area contributed by atoms with Crippen molar-refractivity contribution in [3.8, 4) is 0 Å². The van der Waals surface area contributed by atoms with Crippen LogP contribution in [0, 0.1) is 5.92 Å². The van der Waals surface area contributed by atoms with Gasteiger partial charge in [-0.25, -0.2) is 4.79 Å². The molecule has 17 heavy (non-hydrogen) atoms. The van der Waals surface area contributed by atoms with Crippen LogP contribution < -0.4 is 5.32 Å². The Bertz CT molecular complexity index is 289. The van der Waals surface area contributed by atoms with E-state index in [4.69, 9.17) is 4.74 Å². The molecule has 1 fully saturated rings. The van der Waals surface area contributed by atoms with Crippen LogP contribution in [-0.4, -0.2) is 24.7 Å². The summed E-state index contributed by atoms with van der Waals surface area (Å²) in [6.45, 7) is 9.95. The Kier molecular flexibility index (Phi) is 5.19. The zero-order chi connectivity index (χ0) is 12.9. The van der Waals surface area contributed by atoms with E-state index in [1.54, 1.807) is 0 Å². The van der Waals surface area contributed by atoms with Crippen molar-refractivity contribution in [3.05, 3.63) is 11.6 Å². The molecule has 1 aliphatic rings. The number of carbonyl (C=O) groups is 1. The molecule has 0 aromatic heterocycles. The lowest BCUT2D eigenvalue weighted by molar-refractivity contribution is -0.157. The van der Waals surface area contributed by atoms with Gasteiger partial charge in [-0.15, -0.1) is 0 Å². The minimum Gasteiger partial charge on any atom is -0.456 e. The van der Waals surface area contributed by atoms with Gasteiger partial charge in [0.2, 0.25) is 0 Å². The maximum absolute atomic E-state index is 11.9. The fraction of sp³-hybridized carbons (Fsp3) is 0.786. The van der Waals surface area contributed by atoms with E-state index >= 15 is 0 Å². The Morgan fingerprint density at radius 2 is 2.00 bits per heavy atom. The smallest absolute Gasteiger partial charge is 0.333 e. The van der Waals surface area contributed by atoms with E-state index in [0.29, 0.717) is 5.92 Å². The molecule has 1 saturated heterocycles. The quantitative estimate of drug-likeness (QED) is 0.605. The first-order chi connectivity index (χ1) is 7.97. The van der Waals surface area contributed by atoms with Gasteiger partial charge in [-0.05, 0) is 53.1 Å². The largest absolute Gasteiger partial charge is 0.456 e. The van der Waals surface area contributed by atoms with Gasteiger partial charge in [0, 0.05) is 11.5 Å². The molecule has 0 amide bonds. The fourth-order valence-corrected chi connectivity index (χ4v) is 2.31.